The van der Waals surface area contributed by atoms with Crippen LogP contribution < -0.4 is 11.3 Å². The fourth-order valence-electron chi connectivity index (χ4n) is 1.28. The summed E-state index contributed by atoms with van der Waals surface area (Å²) in [6.45, 7) is 2.04. The van der Waals surface area contributed by atoms with Gasteiger partial charge in [-0.05, 0) is 30.7 Å². The van der Waals surface area contributed by atoms with Gasteiger partial charge in [-0.3, -0.25) is 10.2 Å². The maximum Gasteiger partial charge on any atom is 0.247 e. The second kappa shape index (κ2) is 6.78. The number of halogens is 1. The smallest absolute Gasteiger partial charge is 0.247 e. The number of nitrogens with two attached hydrogens (primary N) is 1. The lowest BCUT2D eigenvalue weighted by Gasteiger charge is -2.13. The van der Waals surface area contributed by atoms with Crippen LogP contribution in [-0.2, 0) is 4.79 Å². The molecule has 0 saturated carbocycles. The number of hydrogen-bond donors (Lipinski definition) is 2. The fraction of sp³-hybridized carbons (Fsp3) is 0.364. The number of carbonyl (C=O) groups is 1. The predicted molar refractivity (Wildman–Crippen MR) is 68.3 cm³/mol. The molecule has 0 spiro atoms. The number of thioether (sulfide) groups is 1. The molecule has 1 atom stereocenters. The van der Waals surface area contributed by atoms with Gasteiger partial charge in [0.1, 0.15) is 0 Å². The minimum absolute atomic E-state index is 0.137. The van der Waals surface area contributed by atoms with Gasteiger partial charge >= 0.3 is 0 Å². The topological polar surface area (TPSA) is 55.1 Å². The first-order chi connectivity index (χ1) is 7.67. The molecule has 5 heteroatoms. The number of benzene rings is 1. The molecule has 16 heavy (non-hydrogen) atoms. The van der Waals surface area contributed by atoms with Crippen LogP contribution in [-0.4, -0.2) is 11.2 Å². The van der Waals surface area contributed by atoms with E-state index in [1.54, 1.807) is 0 Å². The highest BCUT2D eigenvalue weighted by molar-refractivity contribution is 8.00. The van der Waals surface area contributed by atoms with E-state index in [1.807, 2.05) is 31.2 Å². The van der Waals surface area contributed by atoms with Crippen molar-refractivity contribution in [3.05, 3.63) is 29.3 Å². The van der Waals surface area contributed by atoms with E-state index in [9.17, 15) is 4.79 Å². The lowest BCUT2D eigenvalue weighted by atomic mass is 10.2. The third-order valence-electron chi connectivity index (χ3n) is 2.08. The first-order valence-corrected chi connectivity index (χ1v) is 6.35. The Morgan fingerprint density at radius 3 is 2.62 bits per heavy atom. The van der Waals surface area contributed by atoms with Gasteiger partial charge < -0.3 is 0 Å². The van der Waals surface area contributed by atoms with E-state index in [-0.39, 0.29) is 11.2 Å². The molecule has 0 bridgehead atoms. The predicted octanol–water partition coefficient (Wildman–Crippen LogP) is 2.59. The Morgan fingerprint density at radius 2 is 2.12 bits per heavy atom. The lowest BCUT2D eigenvalue weighted by Crippen LogP contribution is -2.37. The van der Waals surface area contributed by atoms with Crippen LogP contribution in [0.25, 0.3) is 0 Å². The molecule has 0 aliphatic carbocycles. The zero-order chi connectivity index (χ0) is 12.0. The molecule has 0 radical (unpaired) electrons. The van der Waals surface area contributed by atoms with E-state index < -0.39 is 0 Å². The van der Waals surface area contributed by atoms with E-state index in [2.05, 4.69) is 5.43 Å². The van der Waals surface area contributed by atoms with E-state index in [0.717, 1.165) is 17.7 Å². The van der Waals surface area contributed by atoms with Gasteiger partial charge in [-0.25, -0.2) is 5.84 Å². The average molecular weight is 259 g/mol. The van der Waals surface area contributed by atoms with Crippen molar-refractivity contribution in [1.29, 1.82) is 0 Å². The molecule has 1 unspecified atom stereocenters. The average Bonchev–Trinajstić information content (AvgIpc) is 2.30. The zero-order valence-corrected chi connectivity index (χ0v) is 10.6. The quantitative estimate of drug-likeness (QED) is 0.369. The normalized spacial score (nSPS) is 12.2. The summed E-state index contributed by atoms with van der Waals surface area (Å²) in [6, 6.07) is 7.43. The Labute approximate surface area is 105 Å². The number of nitrogens with one attached hydrogen (secondary N) is 1. The van der Waals surface area contributed by atoms with E-state index in [0.29, 0.717) is 5.02 Å². The molecule has 3 nitrogen and oxygen atoms in total. The Balaban J connectivity index is 2.67. The summed E-state index contributed by atoms with van der Waals surface area (Å²) in [4.78, 5) is 12.5. The van der Waals surface area contributed by atoms with Gasteiger partial charge in [-0.15, -0.1) is 11.8 Å². The molecular formula is C11H15ClN2OS. The third kappa shape index (κ3) is 4.04. The molecule has 1 aromatic rings. The Hall–Kier alpha value is -0.710. The van der Waals surface area contributed by atoms with Crippen molar-refractivity contribution in [3.63, 3.8) is 0 Å². The molecule has 1 amide bonds. The number of rotatable bonds is 5. The zero-order valence-electron chi connectivity index (χ0n) is 9.07. The number of hydrogen-bond acceptors (Lipinski definition) is 3. The van der Waals surface area contributed by atoms with Gasteiger partial charge in [0.15, 0.2) is 0 Å². The summed E-state index contributed by atoms with van der Waals surface area (Å²) >= 11 is 7.29. The highest BCUT2D eigenvalue weighted by Gasteiger charge is 2.17. The molecule has 3 N–H and O–H groups in total. The number of carbonyl (C=O) groups excluding carboxylic acids is 1. The summed E-state index contributed by atoms with van der Waals surface area (Å²) in [5.41, 5.74) is 2.20. The van der Waals surface area contributed by atoms with Crippen LogP contribution in [0.1, 0.15) is 19.8 Å². The Morgan fingerprint density at radius 1 is 1.50 bits per heavy atom. The minimum atomic E-state index is -0.142. The van der Waals surface area contributed by atoms with Gasteiger partial charge in [0.05, 0.1) is 5.25 Å². The van der Waals surface area contributed by atoms with Crippen LogP contribution in [0.3, 0.4) is 0 Å². The SMILES string of the molecule is CCCC(Sc1ccc(Cl)cc1)C(=O)NN. The molecule has 0 aliphatic rings. The number of amides is 1. The minimum Gasteiger partial charge on any atom is -0.293 e. The summed E-state index contributed by atoms with van der Waals surface area (Å²) in [6.07, 6.45) is 1.75. The van der Waals surface area contributed by atoms with Gasteiger partial charge in [-0.1, -0.05) is 24.9 Å². The molecule has 88 valence electrons. The molecule has 0 fully saturated rings. The van der Waals surface area contributed by atoms with Crippen molar-refractivity contribution < 1.29 is 4.79 Å². The van der Waals surface area contributed by atoms with Gasteiger partial charge in [-0.2, -0.15) is 0 Å². The van der Waals surface area contributed by atoms with Gasteiger partial charge in [0.25, 0.3) is 0 Å². The largest absolute Gasteiger partial charge is 0.293 e. The Bertz CT molecular complexity index is 342. The van der Waals surface area contributed by atoms with Crippen molar-refractivity contribution in [2.24, 2.45) is 5.84 Å². The van der Waals surface area contributed by atoms with Gasteiger partial charge in [0.2, 0.25) is 5.91 Å². The fourth-order valence-corrected chi connectivity index (χ4v) is 2.55. The van der Waals surface area contributed by atoms with Crippen LogP contribution in [0, 0.1) is 0 Å². The first kappa shape index (κ1) is 13.4. The van der Waals surface area contributed by atoms with Crippen molar-refractivity contribution in [2.45, 2.75) is 29.9 Å². The molecule has 1 aromatic carbocycles. The maximum absolute atomic E-state index is 11.5. The first-order valence-electron chi connectivity index (χ1n) is 5.10. The van der Waals surface area contributed by atoms with Crippen molar-refractivity contribution >= 4 is 29.3 Å². The molecule has 0 saturated heterocycles. The van der Waals surface area contributed by atoms with Crippen LogP contribution >= 0.6 is 23.4 Å². The molecule has 1 rings (SSSR count). The summed E-state index contributed by atoms with van der Waals surface area (Å²) in [5.74, 6) is 5.01. The second-order valence-electron chi connectivity index (χ2n) is 3.36. The third-order valence-corrected chi connectivity index (χ3v) is 3.61. The molecule has 0 heterocycles. The van der Waals surface area contributed by atoms with Crippen molar-refractivity contribution in [1.82, 2.24) is 5.43 Å². The molecule has 0 aliphatic heterocycles. The molecule has 0 aromatic heterocycles. The van der Waals surface area contributed by atoms with Crippen LogP contribution in [0.4, 0.5) is 0 Å². The summed E-state index contributed by atoms with van der Waals surface area (Å²) in [5, 5.41) is 0.552. The standard InChI is InChI=1S/C11H15ClN2OS/c1-2-3-10(11(15)14-13)16-9-6-4-8(12)5-7-9/h4-7,10H,2-3,13H2,1H3,(H,14,15). The highest BCUT2D eigenvalue weighted by atomic mass is 35.5. The monoisotopic (exact) mass is 258 g/mol. The van der Waals surface area contributed by atoms with Crippen LogP contribution in [0.5, 0.6) is 0 Å². The van der Waals surface area contributed by atoms with Crippen molar-refractivity contribution in [3.8, 4) is 0 Å². The van der Waals surface area contributed by atoms with Crippen molar-refractivity contribution in [2.75, 3.05) is 0 Å². The van der Waals surface area contributed by atoms with E-state index >= 15 is 0 Å². The van der Waals surface area contributed by atoms with Crippen LogP contribution in [0.15, 0.2) is 29.2 Å². The number of hydrazine groups is 1. The lowest BCUT2D eigenvalue weighted by molar-refractivity contribution is -0.120. The van der Waals surface area contributed by atoms with Crippen LogP contribution in [0.2, 0.25) is 5.02 Å². The van der Waals surface area contributed by atoms with E-state index in [4.69, 9.17) is 17.4 Å². The second-order valence-corrected chi connectivity index (χ2v) is 5.07. The summed E-state index contributed by atoms with van der Waals surface area (Å²) in [7, 11) is 0. The Kier molecular flexibility index (Phi) is 5.66. The van der Waals surface area contributed by atoms with Gasteiger partial charge in [0, 0.05) is 9.92 Å². The van der Waals surface area contributed by atoms with E-state index in [1.165, 1.54) is 11.8 Å². The maximum atomic E-state index is 11.5. The summed E-state index contributed by atoms with van der Waals surface area (Å²) < 4.78 is 0. The molecular weight excluding hydrogens is 244 g/mol. The highest BCUT2D eigenvalue weighted by Crippen LogP contribution is 2.27.